The maximum absolute atomic E-state index is 14.0. The maximum Gasteiger partial charge on any atom is 0.272 e. The minimum Gasteiger partial charge on any atom is -0.494 e. The number of aryl methyl sites for hydroxylation is 1. The molecule has 0 aliphatic heterocycles. The first kappa shape index (κ1) is 18.6. The standard InChI is InChI=1S/C19H20FN5O2S/c1-4-24(10-12-5-6-15(27-3)13(20)9-12)11-16-21-22-19-23(2)18(26)17-14(25(16)19)7-8-28-17/h5-9H,4,10-11H2,1-3H3. The van der Waals surface area contributed by atoms with Crippen molar-refractivity contribution < 1.29 is 9.13 Å². The van der Waals surface area contributed by atoms with Crippen LogP contribution in [0.2, 0.25) is 0 Å². The van der Waals surface area contributed by atoms with E-state index in [0.717, 1.165) is 23.4 Å². The Labute approximate surface area is 164 Å². The Morgan fingerprint density at radius 1 is 1.25 bits per heavy atom. The van der Waals surface area contributed by atoms with Crippen LogP contribution in [0.15, 0.2) is 34.4 Å². The van der Waals surface area contributed by atoms with Gasteiger partial charge in [0.05, 0.1) is 19.2 Å². The number of halogens is 1. The van der Waals surface area contributed by atoms with Crippen molar-refractivity contribution in [3.63, 3.8) is 0 Å². The van der Waals surface area contributed by atoms with E-state index in [1.165, 1.54) is 29.1 Å². The number of thiophene rings is 1. The number of fused-ring (bicyclic) bond motifs is 3. The second-order valence-corrected chi connectivity index (χ2v) is 7.44. The van der Waals surface area contributed by atoms with E-state index in [-0.39, 0.29) is 17.1 Å². The Morgan fingerprint density at radius 2 is 2.07 bits per heavy atom. The van der Waals surface area contributed by atoms with Crippen LogP contribution in [-0.2, 0) is 20.1 Å². The van der Waals surface area contributed by atoms with Crippen LogP contribution in [-0.4, -0.2) is 37.7 Å². The maximum atomic E-state index is 14.0. The molecular weight excluding hydrogens is 381 g/mol. The summed E-state index contributed by atoms with van der Waals surface area (Å²) in [6, 6.07) is 6.89. The average molecular weight is 401 g/mol. The van der Waals surface area contributed by atoms with E-state index in [1.54, 1.807) is 13.1 Å². The fourth-order valence-corrected chi connectivity index (χ4v) is 4.15. The van der Waals surface area contributed by atoms with Gasteiger partial charge in [0.1, 0.15) is 4.70 Å². The molecule has 0 spiro atoms. The first-order valence-corrected chi connectivity index (χ1v) is 9.76. The van der Waals surface area contributed by atoms with E-state index in [4.69, 9.17) is 4.74 Å². The van der Waals surface area contributed by atoms with Gasteiger partial charge in [-0.15, -0.1) is 21.5 Å². The van der Waals surface area contributed by atoms with Crippen LogP contribution in [0.3, 0.4) is 0 Å². The Morgan fingerprint density at radius 3 is 2.79 bits per heavy atom. The molecule has 3 aromatic heterocycles. The largest absolute Gasteiger partial charge is 0.494 e. The van der Waals surface area contributed by atoms with Crippen LogP contribution in [0.5, 0.6) is 5.75 Å². The number of rotatable bonds is 6. The zero-order chi connectivity index (χ0) is 19.8. The second kappa shape index (κ2) is 7.33. The molecule has 1 aromatic carbocycles. The fraction of sp³-hybridized carbons (Fsp3) is 0.316. The molecule has 28 heavy (non-hydrogen) atoms. The average Bonchev–Trinajstić information content (AvgIpc) is 3.32. The monoisotopic (exact) mass is 401 g/mol. The third-order valence-electron chi connectivity index (χ3n) is 4.83. The van der Waals surface area contributed by atoms with Crippen molar-refractivity contribution in [3.05, 3.63) is 57.2 Å². The predicted octanol–water partition coefficient (Wildman–Crippen LogP) is 2.81. The quantitative estimate of drug-likeness (QED) is 0.497. The third-order valence-corrected chi connectivity index (χ3v) is 5.72. The van der Waals surface area contributed by atoms with E-state index >= 15 is 0 Å². The summed E-state index contributed by atoms with van der Waals surface area (Å²) in [6.07, 6.45) is 0. The molecule has 4 aromatic rings. The summed E-state index contributed by atoms with van der Waals surface area (Å²) in [5.41, 5.74) is 1.59. The van der Waals surface area contributed by atoms with Gasteiger partial charge < -0.3 is 4.74 Å². The van der Waals surface area contributed by atoms with Gasteiger partial charge in [0.15, 0.2) is 17.4 Å². The van der Waals surface area contributed by atoms with E-state index < -0.39 is 0 Å². The van der Waals surface area contributed by atoms with Crippen LogP contribution in [0.4, 0.5) is 4.39 Å². The van der Waals surface area contributed by atoms with Crippen LogP contribution in [0.1, 0.15) is 18.3 Å². The minimum absolute atomic E-state index is 0.0718. The second-order valence-electron chi connectivity index (χ2n) is 6.52. The molecule has 0 aliphatic carbocycles. The smallest absolute Gasteiger partial charge is 0.272 e. The highest BCUT2D eigenvalue weighted by Gasteiger charge is 2.17. The van der Waals surface area contributed by atoms with Gasteiger partial charge in [0, 0.05) is 13.6 Å². The fourth-order valence-electron chi connectivity index (χ4n) is 3.30. The molecule has 0 saturated heterocycles. The lowest BCUT2D eigenvalue weighted by molar-refractivity contribution is 0.263. The molecule has 0 amide bonds. The molecule has 0 bridgehead atoms. The molecule has 0 fully saturated rings. The lowest BCUT2D eigenvalue weighted by atomic mass is 10.2. The third kappa shape index (κ3) is 3.06. The van der Waals surface area contributed by atoms with E-state index in [0.29, 0.717) is 23.6 Å². The predicted molar refractivity (Wildman–Crippen MR) is 106 cm³/mol. The van der Waals surface area contributed by atoms with Gasteiger partial charge in [-0.3, -0.25) is 18.7 Å². The Kier molecular flexibility index (Phi) is 4.86. The first-order valence-electron chi connectivity index (χ1n) is 8.88. The lowest BCUT2D eigenvalue weighted by Gasteiger charge is -2.20. The van der Waals surface area contributed by atoms with Crippen molar-refractivity contribution in [2.24, 2.45) is 7.05 Å². The molecule has 0 atom stereocenters. The van der Waals surface area contributed by atoms with Crippen molar-refractivity contribution in [2.45, 2.75) is 20.0 Å². The van der Waals surface area contributed by atoms with Crippen LogP contribution < -0.4 is 10.3 Å². The number of aromatic nitrogens is 4. The molecule has 9 heteroatoms. The molecule has 0 aliphatic rings. The summed E-state index contributed by atoms with van der Waals surface area (Å²) in [7, 11) is 3.15. The topological polar surface area (TPSA) is 64.7 Å². The number of hydrogen-bond acceptors (Lipinski definition) is 6. The van der Waals surface area contributed by atoms with Gasteiger partial charge in [0.25, 0.3) is 5.56 Å². The zero-order valence-corrected chi connectivity index (χ0v) is 16.7. The van der Waals surface area contributed by atoms with Crippen LogP contribution in [0.25, 0.3) is 16.0 Å². The first-order chi connectivity index (χ1) is 13.5. The van der Waals surface area contributed by atoms with Gasteiger partial charge in [-0.25, -0.2) is 4.39 Å². The van der Waals surface area contributed by atoms with Gasteiger partial charge in [-0.2, -0.15) is 0 Å². The lowest BCUT2D eigenvalue weighted by Crippen LogP contribution is -2.24. The number of nitrogens with zero attached hydrogens (tertiary/aromatic N) is 5. The van der Waals surface area contributed by atoms with Crippen molar-refractivity contribution in [3.8, 4) is 5.75 Å². The molecule has 146 valence electrons. The van der Waals surface area contributed by atoms with Crippen molar-refractivity contribution in [1.29, 1.82) is 0 Å². The van der Waals surface area contributed by atoms with E-state index in [2.05, 4.69) is 15.1 Å². The number of hydrogen-bond donors (Lipinski definition) is 0. The van der Waals surface area contributed by atoms with Crippen molar-refractivity contribution in [1.82, 2.24) is 24.1 Å². The number of methoxy groups -OCH3 is 1. The SMILES string of the molecule is CCN(Cc1ccc(OC)c(F)c1)Cc1nnc2n(C)c(=O)c3sccc3n12. The summed E-state index contributed by atoms with van der Waals surface area (Å²) >= 11 is 1.41. The van der Waals surface area contributed by atoms with Crippen LogP contribution >= 0.6 is 11.3 Å². The Balaban J connectivity index is 1.68. The van der Waals surface area contributed by atoms with Gasteiger partial charge >= 0.3 is 0 Å². The van der Waals surface area contributed by atoms with Crippen molar-refractivity contribution >= 4 is 27.3 Å². The molecule has 3 heterocycles. The highest BCUT2D eigenvalue weighted by molar-refractivity contribution is 7.17. The Hall–Kier alpha value is -2.78. The highest BCUT2D eigenvalue weighted by atomic mass is 32.1. The molecule has 7 nitrogen and oxygen atoms in total. The van der Waals surface area contributed by atoms with Crippen molar-refractivity contribution in [2.75, 3.05) is 13.7 Å². The van der Waals surface area contributed by atoms with E-state index in [1.807, 2.05) is 28.8 Å². The van der Waals surface area contributed by atoms with Crippen LogP contribution in [0, 0.1) is 5.82 Å². The molecule has 0 radical (unpaired) electrons. The van der Waals surface area contributed by atoms with Gasteiger partial charge in [-0.05, 0) is 35.7 Å². The Bertz CT molecular complexity index is 1210. The highest BCUT2D eigenvalue weighted by Crippen LogP contribution is 2.21. The van der Waals surface area contributed by atoms with E-state index in [9.17, 15) is 9.18 Å². The molecule has 0 unspecified atom stereocenters. The molecule has 0 N–H and O–H groups in total. The summed E-state index contributed by atoms with van der Waals surface area (Å²) in [6.45, 7) is 3.87. The minimum atomic E-state index is -0.376. The summed E-state index contributed by atoms with van der Waals surface area (Å²) in [5, 5.41) is 10.4. The molecule has 0 saturated carbocycles. The normalized spacial score (nSPS) is 11.8. The number of ether oxygens (including phenoxy) is 1. The zero-order valence-electron chi connectivity index (χ0n) is 15.8. The van der Waals surface area contributed by atoms with Gasteiger partial charge in [0.2, 0.25) is 5.78 Å². The summed E-state index contributed by atoms with van der Waals surface area (Å²) < 4.78 is 23.1. The molecule has 4 rings (SSSR count). The summed E-state index contributed by atoms with van der Waals surface area (Å²) in [4.78, 5) is 14.6. The summed E-state index contributed by atoms with van der Waals surface area (Å²) in [5.74, 6) is 1.11. The molecular formula is C19H20FN5O2S. The number of benzene rings is 1. The van der Waals surface area contributed by atoms with Gasteiger partial charge in [-0.1, -0.05) is 13.0 Å².